The summed E-state index contributed by atoms with van der Waals surface area (Å²) in [6.45, 7) is 4.13. The molecule has 0 saturated carbocycles. The Labute approximate surface area is 188 Å². The standard InChI is InChI=1S/C21H20N6O3S2/c1-11-12(2)25-26-21-17(11)18(22)19(31-21)20(28)24-14-9-27(10-14)32(29,30)15-5-6-16-13(8-15)4-3-7-23-16/h3-8,14H,9-10,22H2,1-2H3,(H,24,28). The van der Waals surface area contributed by atoms with Gasteiger partial charge < -0.3 is 11.1 Å². The second-order valence-corrected chi connectivity index (χ2v) is 10.7. The van der Waals surface area contributed by atoms with Crippen LogP contribution in [0.2, 0.25) is 0 Å². The topological polar surface area (TPSA) is 131 Å². The monoisotopic (exact) mass is 468 g/mol. The molecule has 0 bridgehead atoms. The van der Waals surface area contributed by atoms with Gasteiger partial charge in [-0.1, -0.05) is 6.07 Å². The number of carbonyl (C=O) groups is 1. The largest absolute Gasteiger partial charge is 0.397 e. The van der Waals surface area contributed by atoms with Gasteiger partial charge in [-0.3, -0.25) is 9.78 Å². The van der Waals surface area contributed by atoms with Gasteiger partial charge in [0.05, 0.1) is 27.8 Å². The Bertz CT molecular complexity index is 1490. The minimum Gasteiger partial charge on any atom is -0.397 e. The molecule has 0 aliphatic carbocycles. The molecule has 11 heteroatoms. The zero-order chi connectivity index (χ0) is 22.6. The Morgan fingerprint density at radius 2 is 2.00 bits per heavy atom. The van der Waals surface area contributed by atoms with Crippen molar-refractivity contribution in [3.63, 3.8) is 0 Å². The average Bonchev–Trinajstić information content (AvgIpc) is 3.09. The van der Waals surface area contributed by atoms with Crippen molar-refractivity contribution < 1.29 is 13.2 Å². The molecule has 4 heterocycles. The normalized spacial score (nSPS) is 15.2. The SMILES string of the molecule is Cc1nnc2sc(C(=O)NC3CN(S(=O)(=O)c4ccc5ncccc5c4)C3)c(N)c2c1C. The fourth-order valence-electron chi connectivity index (χ4n) is 3.75. The maximum atomic E-state index is 13.0. The van der Waals surface area contributed by atoms with Crippen molar-refractivity contribution in [3.8, 4) is 0 Å². The van der Waals surface area contributed by atoms with Crippen LogP contribution in [0.4, 0.5) is 5.69 Å². The Hall–Kier alpha value is -3.15. The van der Waals surface area contributed by atoms with E-state index in [1.165, 1.54) is 15.6 Å². The first-order valence-electron chi connectivity index (χ1n) is 9.93. The highest BCUT2D eigenvalue weighted by molar-refractivity contribution is 7.89. The predicted molar refractivity (Wildman–Crippen MR) is 123 cm³/mol. The van der Waals surface area contributed by atoms with E-state index in [2.05, 4.69) is 20.5 Å². The molecule has 1 aromatic carbocycles. The Morgan fingerprint density at radius 1 is 1.22 bits per heavy atom. The molecule has 0 unspecified atom stereocenters. The van der Waals surface area contributed by atoms with Gasteiger partial charge in [-0.2, -0.15) is 9.40 Å². The number of pyridine rings is 1. The molecule has 1 aliphatic heterocycles. The molecule has 3 aromatic heterocycles. The molecule has 1 fully saturated rings. The molecule has 0 atom stereocenters. The van der Waals surface area contributed by atoms with Crippen LogP contribution in [0.15, 0.2) is 41.4 Å². The molecule has 32 heavy (non-hydrogen) atoms. The van der Waals surface area contributed by atoms with Crippen molar-refractivity contribution >= 4 is 54.1 Å². The molecule has 4 aromatic rings. The molecule has 0 radical (unpaired) electrons. The first-order chi connectivity index (χ1) is 15.3. The number of sulfonamides is 1. The van der Waals surface area contributed by atoms with Crippen molar-refractivity contribution in [1.29, 1.82) is 0 Å². The molecule has 1 amide bonds. The van der Waals surface area contributed by atoms with Crippen LogP contribution in [0.1, 0.15) is 20.9 Å². The summed E-state index contributed by atoms with van der Waals surface area (Å²) in [5, 5.41) is 12.6. The highest BCUT2D eigenvalue weighted by atomic mass is 32.2. The summed E-state index contributed by atoms with van der Waals surface area (Å²) < 4.78 is 27.3. The van der Waals surface area contributed by atoms with E-state index in [0.717, 1.165) is 27.5 Å². The third kappa shape index (κ3) is 3.29. The maximum absolute atomic E-state index is 13.0. The second kappa shape index (κ2) is 7.47. The van der Waals surface area contributed by atoms with Crippen LogP contribution in [-0.2, 0) is 10.0 Å². The summed E-state index contributed by atoms with van der Waals surface area (Å²) in [6.07, 6.45) is 1.66. The van der Waals surface area contributed by atoms with E-state index in [1.54, 1.807) is 30.5 Å². The minimum atomic E-state index is -3.65. The summed E-state index contributed by atoms with van der Waals surface area (Å²) >= 11 is 1.19. The number of nitrogen functional groups attached to an aromatic ring is 1. The van der Waals surface area contributed by atoms with Gasteiger partial charge in [-0.05, 0) is 43.7 Å². The number of nitrogens with one attached hydrogen (secondary N) is 1. The molecule has 3 N–H and O–H groups in total. The molecule has 164 valence electrons. The number of aryl methyl sites for hydroxylation is 2. The van der Waals surface area contributed by atoms with Crippen LogP contribution >= 0.6 is 11.3 Å². The van der Waals surface area contributed by atoms with Gasteiger partial charge in [0, 0.05) is 30.1 Å². The number of benzene rings is 1. The van der Waals surface area contributed by atoms with E-state index in [9.17, 15) is 13.2 Å². The van der Waals surface area contributed by atoms with E-state index < -0.39 is 10.0 Å². The minimum absolute atomic E-state index is 0.196. The quantitative estimate of drug-likeness (QED) is 0.469. The second-order valence-electron chi connectivity index (χ2n) is 7.79. The van der Waals surface area contributed by atoms with Crippen LogP contribution in [0.25, 0.3) is 21.1 Å². The van der Waals surface area contributed by atoms with Gasteiger partial charge in [0.15, 0.2) is 0 Å². The van der Waals surface area contributed by atoms with E-state index in [4.69, 9.17) is 5.73 Å². The summed E-state index contributed by atoms with van der Waals surface area (Å²) in [6, 6.07) is 8.16. The van der Waals surface area contributed by atoms with Crippen molar-refractivity contribution in [3.05, 3.63) is 52.7 Å². The number of hydrogen-bond acceptors (Lipinski definition) is 8. The van der Waals surface area contributed by atoms with E-state index in [1.807, 2.05) is 19.9 Å². The Morgan fingerprint density at radius 3 is 2.78 bits per heavy atom. The lowest BCUT2D eigenvalue weighted by Crippen LogP contribution is -2.60. The first-order valence-corrected chi connectivity index (χ1v) is 12.2. The number of nitrogens with two attached hydrogens (primary N) is 1. The van der Waals surface area contributed by atoms with Gasteiger partial charge in [-0.25, -0.2) is 8.42 Å². The van der Waals surface area contributed by atoms with Crippen LogP contribution in [0, 0.1) is 13.8 Å². The molecule has 1 aliphatic rings. The molecule has 9 nitrogen and oxygen atoms in total. The summed E-state index contributed by atoms with van der Waals surface area (Å²) in [7, 11) is -3.65. The Kier molecular flexibility index (Phi) is 4.84. The van der Waals surface area contributed by atoms with E-state index in [-0.39, 0.29) is 29.9 Å². The van der Waals surface area contributed by atoms with Crippen LogP contribution in [-0.4, -0.2) is 52.9 Å². The van der Waals surface area contributed by atoms with Gasteiger partial charge in [0.2, 0.25) is 10.0 Å². The number of amides is 1. The molecule has 5 rings (SSSR count). The fraction of sp³-hybridized carbons (Fsp3) is 0.238. The molecular formula is C21H20N6O3S2. The number of aromatic nitrogens is 3. The average molecular weight is 469 g/mol. The number of rotatable bonds is 4. The van der Waals surface area contributed by atoms with Crippen molar-refractivity contribution in [1.82, 2.24) is 24.8 Å². The number of anilines is 1. The highest BCUT2D eigenvalue weighted by Crippen LogP contribution is 2.35. The molecule has 0 spiro atoms. The third-order valence-corrected chi connectivity index (χ3v) is 8.65. The number of fused-ring (bicyclic) bond motifs is 2. The fourth-order valence-corrected chi connectivity index (χ4v) is 6.32. The van der Waals surface area contributed by atoms with Crippen molar-refractivity contribution in [2.75, 3.05) is 18.8 Å². The van der Waals surface area contributed by atoms with Crippen LogP contribution in [0.3, 0.4) is 0 Å². The van der Waals surface area contributed by atoms with Crippen molar-refractivity contribution in [2.24, 2.45) is 0 Å². The smallest absolute Gasteiger partial charge is 0.263 e. The van der Waals surface area contributed by atoms with Gasteiger partial charge in [0.1, 0.15) is 9.71 Å². The van der Waals surface area contributed by atoms with Gasteiger partial charge in [-0.15, -0.1) is 16.4 Å². The lowest BCUT2D eigenvalue weighted by molar-refractivity contribution is 0.0900. The summed E-state index contributed by atoms with van der Waals surface area (Å²) in [4.78, 5) is 18.2. The number of nitrogens with zero attached hydrogens (tertiary/aromatic N) is 4. The number of carbonyl (C=O) groups excluding carboxylic acids is 1. The lowest BCUT2D eigenvalue weighted by Gasteiger charge is -2.38. The third-order valence-electron chi connectivity index (χ3n) is 5.74. The number of hydrogen-bond donors (Lipinski definition) is 2. The maximum Gasteiger partial charge on any atom is 0.263 e. The molecular weight excluding hydrogens is 448 g/mol. The number of thiophene rings is 1. The van der Waals surface area contributed by atoms with Crippen molar-refractivity contribution in [2.45, 2.75) is 24.8 Å². The van der Waals surface area contributed by atoms with Gasteiger partial charge in [0.25, 0.3) is 5.91 Å². The first kappa shape index (κ1) is 20.7. The summed E-state index contributed by atoms with van der Waals surface area (Å²) in [5.41, 5.74) is 9.01. The van der Waals surface area contributed by atoms with E-state index >= 15 is 0 Å². The van der Waals surface area contributed by atoms with E-state index in [0.29, 0.717) is 15.4 Å². The highest BCUT2D eigenvalue weighted by Gasteiger charge is 2.38. The van der Waals surface area contributed by atoms with Crippen LogP contribution in [0.5, 0.6) is 0 Å². The van der Waals surface area contributed by atoms with Gasteiger partial charge >= 0.3 is 0 Å². The lowest BCUT2D eigenvalue weighted by atomic mass is 10.1. The Balaban J connectivity index is 1.30. The predicted octanol–water partition coefficient (Wildman–Crippen LogP) is 2.24. The van der Waals surface area contributed by atoms with Crippen LogP contribution < -0.4 is 11.1 Å². The summed E-state index contributed by atoms with van der Waals surface area (Å²) in [5.74, 6) is -0.332. The molecule has 1 saturated heterocycles. The zero-order valence-corrected chi connectivity index (χ0v) is 19.0. The zero-order valence-electron chi connectivity index (χ0n) is 17.4.